The second-order valence-electron chi connectivity index (χ2n) is 3.90. The molecule has 0 radical (unpaired) electrons. The first-order valence-corrected chi connectivity index (χ1v) is 5.64. The molecule has 18 heavy (non-hydrogen) atoms. The van der Waals surface area contributed by atoms with E-state index in [1.54, 1.807) is 7.11 Å². The Kier molecular flexibility index (Phi) is 3.93. The maximum Gasteiger partial charge on any atom is 0.407 e. The third-order valence-electron chi connectivity index (χ3n) is 2.76. The summed E-state index contributed by atoms with van der Waals surface area (Å²) < 4.78 is 10.4. The van der Waals surface area contributed by atoms with Crippen molar-refractivity contribution in [2.75, 3.05) is 26.9 Å². The smallest absolute Gasteiger partial charge is 0.407 e. The molecule has 0 saturated heterocycles. The van der Waals surface area contributed by atoms with Crippen molar-refractivity contribution in [1.29, 1.82) is 0 Å². The van der Waals surface area contributed by atoms with Crippen molar-refractivity contribution < 1.29 is 19.4 Å². The second-order valence-corrected chi connectivity index (χ2v) is 3.90. The van der Waals surface area contributed by atoms with Crippen molar-refractivity contribution >= 4 is 6.09 Å². The Morgan fingerprint density at radius 3 is 3.06 bits per heavy atom. The first-order valence-electron chi connectivity index (χ1n) is 5.64. The fourth-order valence-corrected chi connectivity index (χ4v) is 1.83. The molecule has 0 aromatic carbocycles. The molecule has 0 atom stereocenters. The van der Waals surface area contributed by atoms with E-state index in [9.17, 15) is 4.79 Å². The number of fused-ring (bicyclic) bond motifs is 1. The third-order valence-corrected chi connectivity index (χ3v) is 2.76. The van der Waals surface area contributed by atoms with Crippen molar-refractivity contribution in [3.05, 3.63) is 17.6 Å². The van der Waals surface area contributed by atoms with Crippen LogP contribution in [0.15, 0.2) is 6.33 Å². The number of nitrogens with zero attached hydrogens (tertiary/aromatic N) is 3. The Morgan fingerprint density at radius 2 is 2.33 bits per heavy atom. The Labute approximate surface area is 104 Å². The molecule has 1 aromatic rings. The van der Waals surface area contributed by atoms with E-state index in [2.05, 4.69) is 9.97 Å². The van der Waals surface area contributed by atoms with Gasteiger partial charge in [-0.2, -0.15) is 0 Å². The predicted octanol–water partition coefficient (Wildman–Crippen LogP) is 0.538. The Hall–Kier alpha value is -1.89. The van der Waals surface area contributed by atoms with E-state index in [0.29, 0.717) is 37.8 Å². The molecule has 1 aliphatic rings. The number of ether oxygens (including phenoxy) is 2. The molecule has 1 N–H and O–H groups in total. The quantitative estimate of drug-likeness (QED) is 0.788. The molecular weight excluding hydrogens is 238 g/mol. The van der Waals surface area contributed by atoms with Crippen molar-refractivity contribution in [1.82, 2.24) is 14.9 Å². The highest BCUT2D eigenvalue weighted by Gasteiger charge is 2.24. The predicted molar refractivity (Wildman–Crippen MR) is 61.5 cm³/mol. The van der Waals surface area contributed by atoms with Crippen LogP contribution in [-0.2, 0) is 17.7 Å². The lowest BCUT2D eigenvalue weighted by molar-refractivity contribution is 0.134. The Morgan fingerprint density at radius 1 is 1.50 bits per heavy atom. The third kappa shape index (κ3) is 2.67. The minimum Gasteiger partial charge on any atom is -0.475 e. The van der Waals surface area contributed by atoms with Gasteiger partial charge in [-0.25, -0.2) is 14.8 Å². The number of carboxylic acid groups (broad SMARTS) is 1. The SMILES string of the molecule is COCCOc1ncnc2c1CCN(C(=O)O)C2. The molecule has 0 aliphatic carbocycles. The monoisotopic (exact) mass is 253 g/mol. The lowest BCUT2D eigenvalue weighted by Gasteiger charge is -2.26. The fourth-order valence-electron chi connectivity index (χ4n) is 1.83. The molecule has 1 aliphatic heterocycles. The standard InChI is InChI=1S/C11H15N3O4/c1-17-4-5-18-10-8-2-3-14(11(15)16)6-9(8)12-7-13-10/h7H,2-6H2,1H3,(H,15,16). The molecule has 0 saturated carbocycles. The lowest BCUT2D eigenvalue weighted by Crippen LogP contribution is -2.35. The minimum atomic E-state index is -0.930. The first kappa shape index (κ1) is 12.6. The van der Waals surface area contributed by atoms with Crippen LogP contribution in [0.25, 0.3) is 0 Å². The Bertz CT molecular complexity index is 438. The van der Waals surface area contributed by atoms with Gasteiger partial charge in [0.2, 0.25) is 5.88 Å². The molecular formula is C11H15N3O4. The molecule has 0 unspecified atom stereocenters. The maximum atomic E-state index is 10.9. The maximum absolute atomic E-state index is 10.9. The highest BCUT2D eigenvalue weighted by molar-refractivity contribution is 5.65. The van der Waals surface area contributed by atoms with Crippen LogP contribution in [0.3, 0.4) is 0 Å². The Balaban J connectivity index is 2.11. The summed E-state index contributed by atoms with van der Waals surface area (Å²) in [5.74, 6) is 0.530. The summed E-state index contributed by atoms with van der Waals surface area (Å²) in [6.07, 6.45) is 1.04. The molecule has 0 bridgehead atoms. The zero-order valence-electron chi connectivity index (χ0n) is 10.1. The lowest BCUT2D eigenvalue weighted by atomic mass is 10.1. The van der Waals surface area contributed by atoms with Crippen molar-refractivity contribution in [3.63, 3.8) is 0 Å². The summed E-state index contributed by atoms with van der Waals surface area (Å²) in [6.45, 7) is 1.63. The largest absolute Gasteiger partial charge is 0.475 e. The van der Waals surface area contributed by atoms with Gasteiger partial charge in [-0.3, -0.25) is 0 Å². The summed E-state index contributed by atoms with van der Waals surface area (Å²) in [5.41, 5.74) is 1.61. The van der Waals surface area contributed by atoms with Crippen LogP contribution < -0.4 is 4.74 Å². The van der Waals surface area contributed by atoms with Gasteiger partial charge in [-0.05, 0) is 6.42 Å². The van der Waals surface area contributed by atoms with Crippen LogP contribution in [0.5, 0.6) is 5.88 Å². The number of aromatic nitrogens is 2. The molecule has 1 amide bonds. The highest BCUT2D eigenvalue weighted by atomic mass is 16.5. The van der Waals surface area contributed by atoms with E-state index < -0.39 is 6.09 Å². The van der Waals surface area contributed by atoms with Crippen LogP contribution >= 0.6 is 0 Å². The van der Waals surface area contributed by atoms with Gasteiger partial charge in [-0.15, -0.1) is 0 Å². The van der Waals surface area contributed by atoms with Crippen LogP contribution in [0.1, 0.15) is 11.3 Å². The number of hydrogen-bond donors (Lipinski definition) is 1. The summed E-state index contributed by atoms with van der Waals surface area (Å²) in [6, 6.07) is 0. The second kappa shape index (κ2) is 5.63. The molecule has 2 heterocycles. The van der Waals surface area contributed by atoms with Gasteiger partial charge in [0.25, 0.3) is 0 Å². The van der Waals surface area contributed by atoms with Gasteiger partial charge in [0.15, 0.2) is 0 Å². The van der Waals surface area contributed by atoms with E-state index in [1.165, 1.54) is 11.2 Å². The van der Waals surface area contributed by atoms with Gasteiger partial charge in [0, 0.05) is 19.2 Å². The summed E-state index contributed by atoms with van der Waals surface area (Å²) >= 11 is 0. The van der Waals surface area contributed by atoms with Crippen LogP contribution in [0, 0.1) is 0 Å². The zero-order valence-corrected chi connectivity index (χ0v) is 10.1. The van der Waals surface area contributed by atoms with Gasteiger partial charge in [-0.1, -0.05) is 0 Å². The molecule has 2 rings (SSSR count). The van der Waals surface area contributed by atoms with Crippen molar-refractivity contribution in [2.45, 2.75) is 13.0 Å². The van der Waals surface area contributed by atoms with Crippen LogP contribution in [0.4, 0.5) is 4.79 Å². The average Bonchev–Trinajstić information content (AvgIpc) is 2.38. The topological polar surface area (TPSA) is 84.8 Å². The summed E-state index contributed by atoms with van der Waals surface area (Å²) in [7, 11) is 1.60. The number of carbonyl (C=O) groups is 1. The number of amides is 1. The van der Waals surface area contributed by atoms with E-state index in [0.717, 1.165) is 5.56 Å². The molecule has 7 nitrogen and oxygen atoms in total. The van der Waals surface area contributed by atoms with E-state index in [1.807, 2.05) is 0 Å². The number of rotatable bonds is 4. The van der Waals surface area contributed by atoms with Gasteiger partial charge >= 0.3 is 6.09 Å². The zero-order chi connectivity index (χ0) is 13.0. The van der Waals surface area contributed by atoms with Crippen molar-refractivity contribution in [2.24, 2.45) is 0 Å². The van der Waals surface area contributed by atoms with Gasteiger partial charge in [0.05, 0.1) is 18.8 Å². The number of hydrogen-bond acceptors (Lipinski definition) is 5. The van der Waals surface area contributed by atoms with Crippen molar-refractivity contribution in [3.8, 4) is 5.88 Å². The average molecular weight is 253 g/mol. The van der Waals surface area contributed by atoms with Crippen LogP contribution in [-0.4, -0.2) is 52.9 Å². The van der Waals surface area contributed by atoms with E-state index in [4.69, 9.17) is 14.6 Å². The fraction of sp³-hybridized carbons (Fsp3) is 0.545. The normalized spacial score (nSPS) is 14.2. The van der Waals surface area contributed by atoms with E-state index >= 15 is 0 Å². The van der Waals surface area contributed by atoms with Gasteiger partial charge in [0.1, 0.15) is 12.9 Å². The minimum absolute atomic E-state index is 0.286. The summed E-state index contributed by atoms with van der Waals surface area (Å²) in [4.78, 5) is 20.4. The first-order chi connectivity index (χ1) is 8.72. The molecule has 7 heteroatoms. The highest BCUT2D eigenvalue weighted by Crippen LogP contribution is 2.24. The molecule has 1 aromatic heterocycles. The molecule has 98 valence electrons. The van der Waals surface area contributed by atoms with Gasteiger partial charge < -0.3 is 19.5 Å². The summed E-state index contributed by atoms with van der Waals surface area (Å²) in [5, 5.41) is 8.94. The van der Waals surface area contributed by atoms with E-state index in [-0.39, 0.29) is 6.54 Å². The number of methoxy groups -OCH3 is 1. The molecule has 0 fully saturated rings. The molecule has 0 spiro atoms. The van der Waals surface area contributed by atoms with Crippen LogP contribution in [0.2, 0.25) is 0 Å².